The van der Waals surface area contributed by atoms with E-state index < -0.39 is 0 Å². The van der Waals surface area contributed by atoms with Crippen LogP contribution in [0.3, 0.4) is 0 Å². The first-order valence-electron chi connectivity index (χ1n) is 5.24. The van der Waals surface area contributed by atoms with E-state index in [9.17, 15) is 0 Å². The van der Waals surface area contributed by atoms with Crippen molar-refractivity contribution in [1.29, 1.82) is 0 Å². The Labute approximate surface area is 98.4 Å². The first kappa shape index (κ1) is 9.78. The molecule has 0 bridgehead atoms. The van der Waals surface area contributed by atoms with Gasteiger partial charge in [-0.05, 0) is 12.1 Å². The number of nitrogens with zero attached hydrogens (tertiary/aromatic N) is 2. The maximum absolute atomic E-state index is 5.46. The van der Waals surface area contributed by atoms with E-state index in [2.05, 4.69) is 5.10 Å². The van der Waals surface area contributed by atoms with E-state index in [1.807, 2.05) is 46.8 Å². The fourth-order valence-electron chi connectivity index (χ4n) is 1.91. The van der Waals surface area contributed by atoms with Gasteiger partial charge in [-0.2, -0.15) is 9.78 Å². The second-order valence-electron chi connectivity index (χ2n) is 3.63. The maximum atomic E-state index is 5.46. The molecule has 0 N–H and O–H groups in total. The number of methoxy groups -OCH3 is 1. The molecule has 0 radical (unpaired) electrons. The fraction of sp³-hybridized carbons (Fsp3) is 0.250. The molecule has 0 atom stereocenters. The third-order valence-corrected chi connectivity index (χ3v) is 3.76. The molecule has 82 valence electrons. The van der Waals surface area contributed by atoms with Gasteiger partial charge in [0.1, 0.15) is 0 Å². The Hall–Kier alpha value is -1.42. The van der Waals surface area contributed by atoms with Crippen LogP contribution in [0.5, 0.6) is 5.88 Å². The van der Waals surface area contributed by atoms with Gasteiger partial charge in [-0.3, -0.25) is 0 Å². The molecule has 1 aromatic carbocycles. The van der Waals surface area contributed by atoms with Crippen LogP contribution in [0.2, 0.25) is 0 Å². The van der Waals surface area contributed by atoms with Crippen molar-refractivity contribution in [3.63, 3.8) is 0 Å². The number of hydrogen-bond donors (Lipinski definition) is 0. The van der Waals surface area contributed by atoms with Crippen LogP contribution < -0.4 is 4.74 Å². The van der Waals surface area contributed by atoms with E-state index in [1.54, 1.807) is 7.11 Å². The van der Waals surface area contributed by atoms with Crippen molar-refractivity contribution in [1.82, 2.24) is 9.78 Å². The Bertz CT molecular complexity index is 507. The summed E-state index contributed by atoms with van der Waals surface area (Å²) in [4.78, 5) is 1.20. The molecular weight excluding hydrogens is 220 g/mol. The SMILES string of the molecule is COc1c2c(nn1-c1ccccc1)CCS2. The Morgan fingerprint density at radius 1 is 1.31 bits per heavy atom. The molecule has 3 nitrogen and oxygen atoms in total. The molecule has 1 aliphatic heterocycles. The smallest absolute Gasteiger partial charge is 0.230 e. The predicted octanol–water partition coefficient (Wildman–Crippen LogP) is 2.53. The van der Waals surface area contributed by atoms with Gasteiger partial charge in [0.25, 0.3) is 0 Å². The Morgan fingerprint density at radius 2 is 2.12 bits per heavy atom. The van der Waals surface area contributed by atoms with E-state index in [1.165, 1.54) is 4.90 Å². The Kier molecular flexibility index (Phi) is 2.36. The lowest BCUT2D eigenvalue weighted by molar-refractivity contribution is 0.375. The number of thioether (sulfide) groups is 1. The van der Waals surface area contributed by atoms with Crippen molar-refractivity contribution >= 4 is 11.8 Å². The van der Waals surface area contributed by atoms with E-state index in [0.717, 1.165) is 29.4 Å². The summed E-state index contributed by atoms with van der Waals surface area (Å²) < 4.78 is 7.35. The fourth-order valence-corrected chi connectivity index (χ4v) is 3.02. The normalized spacial score (nSPS) is 13.8. The lowest BCUT2D eigenvalue weighted by Gasteiger charge is -2.06. The topological polar surface area (TPSA) is 27.1 Å². The van der Waals surface area contributed by atoms with E-state index in [-0.39, 0.29) is 0 Å². The van der Waals surface area contributed by atoms with Crippen LogP contribution in [0.1, 0.15) is 5.69 Å². The Balaban J connectivity index is 2.15. The molecule has 2 aromatic rings. The standard InChI is InChI=1S/C12H12N2OS/c1-15-12-11-10(7-8-16-11)13-14(12)9-5-3-2-4-6-9/h2-6H,7-8H2,1H3. The number of rotatable bonds is 2. The summed E-state index contributed by atoms with van der Waals surface area (Å²) in [6.07, 6.45) is 1.04. The highest BCUT2D eigenvalue weighted by Gasteiger charge is 2.24. The monoisotopic (exact) mass is 232 g/mol. The minimum atomic E-state index is 0.865. The van der Waals surface area contributed by atoms with Gasteiger partial charge in [0.05, 0.1) is 23.4 Å². The summed E-state index contributed by atoms with van der Waals surface area (Å²) in [5.41, 5.74) is 2.21. The number of benzene rings is 1. The van der Waals surface area contributed by atoms with Crippen LogP contribution in [-0.2, 0) is 6.42 Å². The van der Waals surface area contributed by atoms with Gasteiger partial charge in [0.2, 0.25) is 5.88 Å². The summed E-state index contributed by atoms with van der Waals surface area (Å²) in [6, 6.07) is 10.1. The first-order chi connectivity index (χ1) is 7.90. The summed E-state index contributed by atoms with van der Waals surface area (Å²) in [5.74, 6) is 1.98. The molecule has 0 spiro atoms. The molecule has 0 aliphatic carbocycles. The van der Waals surface area contributed by atoms with Crippen molar-refractivity contribution in [3.05, 3.63) is 36.0 Å². The van der Waals surface area contributed by atoms with Crippen LogP contribution >= 0.6 is 11.8 Å². The number of fused-ring (bicyclic) bond motifs is 1. The lowest BCUT2D eigenvalue weighted by atomic mass is 10.3. The third-order valence-electron chi connectivity index (χ3n) is 2.65. The average Bonchev–Trinajstić information content (AvgIpc) is 2.89. The van der Waals surface area contributed by atoms with Gasteiger partial charge in [-0.25, -0.2) is 0 Å². The molecule has 1 aromatic heterocycles. The second-order valence-corrected chi connectivity index (χ2v) is 4.74. The highest BCUT2D eigenvalue weighted by molar-refractivity contribution is 7.99. The summed E-state index contributed by atoms with van der Waals surface area (Å²) in [6.45, 7) is 0. The van der Waals surface area contributed by atoms with Crippen LogP contribution in [0.4, 0.5) is 0 Å². The van der Waals surface area contributed by atoms with E-state index >= 15 is 0 Å². The van der Waals surface area contributed by atoms with Gasteiger partial charge in [0.15, 0.2) is 0 Å². The van der Waals surface area contributed by atoms with Crippen LogP contribution in [0, 0.1) is 0 Å². The predicted molar refractivity (Wildman–Crippen MR) is 64.5 cm³/mol. The molecule has 1 aliphatic rings. The average molecular weight is 232 g/mol. The van der Waals surface area contributed by atoms with Gasteiger partial charge < -0.3 is 4.74 Å². The zero-order chi connectivity index (χ0) is 11.0. The molecule has 3 rings (SSSR count). The third kappa shape index (κ3) is 1.41. The quantitative estimate of drug-likeness (QED) is 0.796. The second kappa shape index (κ2) is 3.87. The van der Waals surface area contributed by atoms with Crippen LogP contribution in [-0.4, -0.2) is 22.6 Å². The van der Waals surface area contributed by atoms with Crippen molar-refractivity contribution in [2.45, 2.75) is 11.3 Å². The van der Waals surface area contributed by atoms with Crippen LogP contribution in [0.25, 0.3) is 5.69 Å². The molecule has 2 heterocycles. The maximum Gasteiger partial charge on any atom is 0.230 e. The van der Waals surface area contributed by atoms with Crippen molar-refractivity contribution in [2.75, 3.05) is 12.9 Å². The molecule has 0 amide bonds. The number of hydrogen-bond acceptors (Lipinski definition) is 3. The van der Waals surface area contributed by atoms with E-state index in [0.29, 0.717) is 0 Å². The van der Waals surface area contributed by atoms with Gasteiger partial charge in [0, 0.05) is 12.2 Å². The number of para-hydroxylation sites is 1. The molecule has 0 saturated heterocycles. The molecular formula is C12H12N2OS. The zero-order valence-corrected chi connectivity index (χ0v) is 9.83. The molecule has 0 unspecified atom stereocenters. The number of ether oxygens (including phenoxy) is 1. The largest absolute Gasteiger partial charge is 0.480 e. The summed E-state index contributed by atoms with van der Waals surface area (Å²) in [7, 11) is 1.70. The summed E-state index contributed by atoms with van der Waals surface area (Å²) >= 11 is 1.83. The number of aromatic nitrogens is 2. The van der Waals surface area contributed by atoms with Crippen molar-refractivity contribution in [3.8, 4) is 11.6 Å². The highest BCUT2D eigenvalue weighted by Crippen LogP contribution is 2.39. The van der Waals surface area contributed by atoms with Gasteiger partial charge in [-0.1, -0.05) is 18.2 Å². The highest BCUT2D eigenvalue weighted by atomic mass is 32.2. The molecule has 0 fully saturated rings. The minimum Gasteiger partial charge on any atom is -0.480 e. The van der Waals surface area contributed by atoms with E-state index in [4.69, 9.17) is 4.74 Å². The zero-order valence-electron chi connectivity index (χ0n) is 9.01. The lowest BCUT2D eigenvalue weighted by Crippen LogP contribution is -2.00. The summed E-state index contributed by atoms with van der Waals surface area (Å²) in [5, 5.41) is 4.60. The molecule has 16 heavy (non-hydrogen) atoms. The number of aryl methyl sites for hydroxylation is 1. The Morgan fingerprint density at radius 3 is 2.88 bits per heavy atom. The molecule has 4 heteroatoms. The first-order valence-corrected chi connectivity index (χ1v) is 6.23. The molecule has 0 saturated carbocycles. The van der Waals surface area contributed by atoms with Gasteiger partial charge >= 0.3 is 0 Å². The van der Waals surface area contributed by atoms with Crippen LogP contribution in [0.15, 0.2) is 35.2 Å². The van der Waals surface area contributed by atoms with Gasteiger partial charge in [-0.15, -0.1) is 11.8 Å². The van der Waals surface area contributed by atoms with Crippen molar-refractivity contribution in [2.24, 2.45) is 0 Å². The van der Waals surface area contributed by atoms with Crippen molar-refractivity contribution < 1.29 is 4.74 Å². The minimum absolute atomic E-state index is 0.865.